The SMILES string of the molecule is COC(=O)c1ccc2c(ccn2Cc2cccc(OCc3ccc4ccccc4n3)c2)c1. The molecule has 0 atom stereocenters. The molecule has 5 aromatic rings. The Morgan fingerprint density at radius 1 is 0.906 bits per heavy atom. The van der Waals surface area contributed by atoms with Crippen LogP contribution in [0.3, 0.4) is 0 Å². The Bertz CT molecular complexity index is 1420. The van der Waals surface area contributed by atoms with E-state index in [4.69, 9.17) is 9.47 Å². The summed E-state index contributed by atoms with van der Waals surface area (Å²) in [5.74, 6) is 0.479. The molecular formula is C27H22N2O3. The van der Waals surface area contributed by atoms with Gasteiger partial charge in [0.25, 0.3) is 0 Å². The number of fused-ring (bicyclic) bond motifs is 2. The predicted octanol–water partition coefficient (Wildman–Crippen LogP) is 5.60. The molecule has 32 heavy (non-hydrogen) atoms. The standard InChI is InChI=1S/C27H22N2O3/c1-31-27(30)22-10-12-26-21(16-22)13-14-29(26)17-19-5-4-7-24(15-19)32-18-23-11-9-20-6-2-3-8-25(20)28-23/h2-16H,17-18H2,1H3. The van der Waals surface area contributed by atoms with Crippen molar-refractivity contribution >= 4 is 27.8 Å². The maximum absolute atomic E-state index is 11.8. The van der Waals surface area contributed by atoms with Gasteiger partial charge in [-0.1, -0.05) is 36.4 Å². The fourth-order valence-corrected chi connectivity index (χ4v) is 3.86. The van der Waals surface area contributed by atoms with Gasteiger partial charge in [-0.25, -0.2) is 9.78 Å². The summed E-state index contributed by atoms with van der Waals surface area (Å²) in [6.07, 6.45) is 2.03. The van der Waals surface area contributed by atoms with Gasteiger partial charge < -0.3 is 14.0 Å². The molecule has 0 N–H and O–H groups in total. The molecule has 5 nitrogen and oxygen atoms in total. The summed E-state index contributed by atoms with van der Waals surface area (Å²) in [7, 11) is 1.39. The third-order valence-electron chi connectivity index (χ3n) is 5.49. The van der Waals surface area contributed by atoms with Crippen LogP contribution in [-0.2, 0) is 17.9 Å². The highest BCUT2D eigenvalue weighted by molar-refractivity contribution is 5.94. The van der Waals surface area contributed by atoms with Crippen molar-refractivity contribution in [3.8, 4) is 5.75 Å². The van der Waals surface area contributed by atoms with Crippen molar-refractivity contribution in [3.63, 3.8) is 0 Å². The number of benzene rings is 3. The second-order valence-electron chi connectivity index (χ2n) is 7.64. The number of aromatic nitrogens is 2. The maximum Gasteiger partial charge on any atom is 0.337 e. The fraction of sp³-hybridized carbons (Fsp3) is 0.111. The summed E-state index contributed by atoms with van der Waals surface area (Å²) in [5, 5.41) is 2.12. The van der Waals surface area contributed by atoms with Gasteiger partial charge in [-0.05, 0) is 54.1 Å². The minimum absolute atomic E-state index is 0.328. The van der Waals surface area contributed by atoms with Gasteiger partial charge in [-0.15, -0.1) is 0 Å². The van der Waals surface area contributed by atoms with Crippen LogP contribution in [0.25, 0.3) is 21.8 Å². The number of carbonyl (C=O) groups is 1. The smallest absolute Gasteiger partial charge is 0.337 e. The molecule has 0 bridgehead atoms. The van der Waals surface area contributed by atoms with E-state index >= 15 is 0 Å². The molecule has 0 saturated carbocycles. The Morgan fingerprint density at radius 2 is 1.81 bits per heavy atom. The van der Waals surface area contributed by atoms with Gasteiger partial charge in [0, 0.05) is 29.0 Å². The average Bonchev–Trinajstić information content (AvgIpc) is 3.24. The van der Waals surface area contributed by atoms with Gasteiger partial charge in [-0.2, -0.15) is 0 Å². The van der Waals surface area contributed by atoms with E-state index in [2.05, 4.69) is 33.8 Å². The molecule has 0 amide bonds. The van der Waals surface area contributed by atoms with Crippen LogP contribution in [0.15, 0.2) is 91.1 Å². The topological polar surface area (TPSA) is 53.4 Å². The van der Waals surface area contributed by atoms with Crippen LogP contribution in [-0.4, -0.2) is 22.6 Å². The third kappa shape index (κ3) is 4.05. The monoisotopic (exact) mass is 422 g/mol. The van der Waals surface area contributed by atoms with Gasteiger partial charge in [0.1, 0.15) is 12.4 Å². The molecule has 0 spiro atoms. The first-order chi connectivity index (χ1) is 15.7. The van der Waals surface area contributed by atoms with Crippen molar-refractivity contribution in [2.24, 2.45) is 0 Å². The van der Waals surface area contributed by atoms with Crippen LogP contribution in [0.5, 0.6) is 5.75 Å². The number of hydrogen-bond donors (Lipinski definition) is 0. The van der Waals surface area contributed by atoms with Gasteiger partial charge in [0.2, 0.25) is 0 Å². The predicted molar refractivity (Wildman–Crippen MR) is 125 cm³/mol. The van der Waals surface area contributed by atoms with E-state index in [1.54, 1.807) is 6.07 Å². The molecular weight excluding hydrogens is 400 g/mol. The zero-order chi connectivity index (χ0) is 21.9. The Balaban J connectivity index is 1.31. The van der Waals surface area contributed by atoms with E-state index in [9.17, 15) is 4.79 Å². The normalized spacial score (nSPS) is 11.0. The van der Waals surface area contributed by atoms with Crippen LogP contribution in [0.1, 0.15) is 21.6 Å². The molecule has 0 saturated heterocycles. The highest BCUT2D eigenvalue weighted by Gasteiger charge is 2.09. The van der Waals surface area contributed by atoms with E-state index in [1.165, 1.54) is 7.11 Å². The number of para-hydroxylation sites is 1. The Labute approximate surface area is 185 Å². The third-order valence-corrected chi connectivity index (χ3v) is 5.49. The van der Waals surface area contributed by atoms with Crippen molar-refractivity contribution in [1.82, 2.24) is 9.55 Å². The minimum atomic E-state index is -0.328. The number of rotatable bonds is 6. The lowest BCUT2D eigenvalue weighted by atomic mass is 10.1. The van der Waals surface area contributed by atoms with Crippen molar-refractivity contribution in [2.75, 3.05) is 7.11 Å². The molecule has 5 heteroatoms. The molecule has 2 heterocycles. The number of methoxy groups -OCH3 is 1. The van der Waals surface area contributed by atoms with Crippen LogP contribution in [0.4, 0.5) is 0 Å². The summed E-state index contributed by atoms with van der Waals surface area (Å²) in [6.45, 7) is 1.11. The maximum atomic E-state index is 11.8. The summed E-state index contributed by atoms with van der Waals surface area (Å²) in [4.78, 5) is 16.4. The van der Waals surface area contributed by atoms with Gasteiger partial charge >= 0.3 is 5.97 Å². The first kappa shape index (κ1) is 19.8. The molecule has 0 aliphatic heterocycles. The summed E-state index contributed by atoms with van der Waals surface area (Å²) in [5.41, 5.74) is 4.60. The van der Waals surface area contributed by atoms with Gasteiger partial charge in [-0.3, -0.25) is 0 Å². The Kier molecular flexibility index (Phi) is 5.30. The van der Waals surface area contributed by atoms with E-state index < -0.39 is 0 Å². The van der Waals surface area contributed by atoms with Crippen LogP contribution >= 0.6 is 0 Å². The van der Waals surface area contributed by atoms with Crippen molar-refractivity contribution in [2.45, 2.75) is 13.2 Å². The zero-order valence-corrected chi connectivity index (χ0v) is 17.7. The molecule has 2 aromatic heterocycles. The van der Waals surface area contributed by atoms with E-state index in [1.807, 2.05) is 60.8 Å². The van der Waals surface area contributed by atoms with Crippen LogP contribution in [0.2, 0.25) is 0 Å². The summed E-state index contributed by atoms with van der Waals surface area (Å²) < 4.78 is 13.0. The van der Waals surface area contributed by atoms with E-state index in [-0.39, 0.29) is 5.97 Å². The van der Waals surface area contributed by atoms with E-state index in [0.29, 0.717) is 18.7 Å². The summed E-state index contributed by atoms with van der Waals surface area (Å²) in [6, 6.07) is 27.8. The van der Waals surface area contributed by atoms with Crippen LogP contribution in [0, 0.1) is 0 Å². The Hall–Kier alpha value is -4.12. The molecule has 0 unspecified atom stereocenters. The van der Waals surface area contributed by atoms with Crippen molar-refractivity contribution < 1.29 is 14.3 Å². The lowest BCUT2D eigenvalue weighted by Gasteiger charge is -2.10. The zero-order valence-electron chi connectivity index (χ0n) is 17.7. The van der Waals surface area contributed by atoms with Crippen LogP contribution < -0.4 is 4.74 Å². The molecule has 0 aliphatic rings. The lowest BCUT2D eigenvalue weighted by Crippen LogP contribution is -2.02. The molecule has 3 aromatic carbocycles. The van der Waals surface area contributed by atoms with Crippen molar-refractivity contribution in [3.05, 3.63) is 108 Å². The van der Waals surface area contributed by atoms with E-state index in [0.717, 1.165) is 38.8 Å². The number of ether oxygens (including phenoxy) is 2. The highest BCUT2D eigenvalue weighted by atomic mass is 16.5. The average molecular weight is 422 g/mol. The number of carbonyl (C=O) groups excluding carboxylic acids is 1. The summed E-state index contributed by atoms with van der Waals surface area (Å²) >= 11 is 0. The van der Waals surface area contributed by atoms with Gasteiger partial charge in [0.15, 0.2) is 0 Å². The first-order valence-electron chi connectivity index (χ1n) is 10.4. The van der Waals surface area contributed by atoms with Gasteiger partial charge in [0.05, 0.1) is 23.9 Å². The molecule has 158 valence electrons. The quantitative estimate of drug-likeness (QED) is 0.334. The Morgan fingerprint density at radius 3 is 2.72 bits per heavy atom. The minimum Gasteiger partial charge on any atom is -0.487 e. The largest absolute Gasteiger partial charge is 0.487 e. The lowest BCUT2D eigenvalue weighted by molar-refractivity contribution is 0.0601. The number of esters is 1. The molecule has 0 fully saturated rings. The molecule has 0 radical (unpaired) electrons. The first-order valence-corrected chi connectivity index (χ1v) is 10.4. The molecule has 0 aliphatic carbocycles. The molecule has 5 rings (SSSR count). The second-order valence-corrected chi connectivity index (χ2v) is 7.64. The van der Waals surface area contributed by atoms with Crippen molar-refractivity contribution in [1.29, 1.82) is 0 Å². The highest BCUT2D eigenvalue weighted by Crippen LogP contribution is 2.22. The fourth-order valence-electron chi connectivity index (χ4n) is 3.86. The second kappa shape index (κ2) is 8.55. The number of pyridine rings is 1. The number of hydrogen-bond acceptors (Lipinski definition) is 4. The number of nitrogens with zero attached hydrogens (tertiary/aromatic N) is 2.